The average molecular weight is 267 g/mol. The van der Waals surface area contributed by atoms with Gasteiger partial charge in [0, 0.05) is 29.1 Å². The van der Waals surface area contributed by atoms with Crippen molar-refractivity contribution in [3.63, 3.8) is 0 Å². The minimum Gasteiger partial charge on any atom is -0.368 e. The van der Waals surface area contributed by atoms with Gasteiger partial charge < -0.3 is 4.90 Å². The Hall–Kier alpha value is -0.850. The summed E-state index contributed by atoms with van der Waals surface area (Å²) in [4.78, 5) is 2.29. The molecule has 0 amide bonds. The number of nitrogens with zero attached hydrogens (tertiary/aromatic N) is 2. The monoisotopic (exact) mass is 266 g/mol. The van der Waals surface area contributed by atoms with E-state index in [0.717, 1.165) is 30.1 Å². The molecule has 0 bridgehead atoms. The second-order valence-electron chi connectivity index (χ2n) is 4.12. The van der Waals surface area contributed by atoms with Crippen LogP contribution in [0.4, 0.5) is 5.69 Å². The maximum absolute atomic E-state index is 9.14. The highest BCUT2D eigenvalue weighted by Crippen LogP contribution is 2.29. The lowest BCUT2D eigenvalue weighted by atomic mass is 10.1. The van der Waals surface area contributed by atoms with Gasteiger partial charge in [0.1, 0.15) is 6.07 Å². The molecule has 0 saturated carbocycles. The second-order valence-corrected chi connectivity index (χ2v) is 5.97. The molecule has 2 rings (SSSR count). The number of nitriles is 1. The number of thioether (sulfide) groups is 1. The number of benzene rings is 1. The number of hydrogen-bond donors (Lipinski definition) is 0. The average Bonchev–Trinajstić information content (AvgIpc) is 2.39. The van der Waals surface area contributed by atoms with E-state index in [-0.39, 0.29) is 0 Å². The van der Waals surface area contributed by atoms with Gasteiger partial charge in [0.15, 0.2) is 0 Å². The highest BCUT2D eigenvalue weighted by Gasteiger charge is 2.21. The first-order chi connectivity index (χ1) is 8.24. The summed E-state index contributed by atoms with van der Waals surface area (Å²) in [6.45, 7) is 4.22. The van der Waals surface area contributed by atoms with Crippen molar-refractivity contribution < 1.29 is 0 Å². The Balaban J connectivity index is 2.27. The van der Waals surface area contributed by atoms with Crippen LogP contribution in [0, 0.1) is 11.3 Å². The third-order valence-electron chi connectivity index (χ3n) is 3.02. The summed E-state index contributed by atoms with van der Waals surface area (Å²) in [7, 11) is 0. The molecule has 90 valence electrons. The summed E-state index contributed by atoms with van der Waals surface area (Å²) in [5.74, 6) is 1.12. The van der Waals surface area contributed by atoms with Crippen LogP contribution in [0.1, 0.15) is 18.9 Å². The second kappa shape index (κ2) is 5.66. The van der Waals surface area contributed by atoms with Crippen LogP contribution in [-0.4, -0.2) is 24.1 Å². The molecule has 1 atom stereocenters. The normalized spacial score (nSPS) is 20.1. The summed E-state index contributed by atoms with van der Waals surface area (Å²) in [5.41, 5.74) is 1.70. The van der Waals surface area contributed by atoms with Gasteiger partial charge in [0.05, 0.1) is 11.3 Å². The van der Waals surface area contributed by atoms with E-state index < -0.39 is 0 Å². The van der Waals surface area contributed by atoms with Crippen LogP contribution in [0.25, 0.3) is 0 Å². The highest BCUT2D eigenvalue weighted by atomic mass is 35.5. The number of rotatable bonds is 2. The lowest BCUT2D eigenvalue weighted by Gasteiger charge is -2.34. The molecular weight excluding hydrogens is 252 g/mol. The third kappa shape index (κ3) is 2.88. The van der Waals surface area contributed by atoms with Crippen molar-refractivity contribution in [2.45, 2.75) is 18.6 Å². The molecule has 0 spiro atoms. The summed E-state index contributed by atoms with van der Waals surface area (Å²) in [6.07, 6.45) is 1.17. The fraction of sp³-hybridized carbons (Fsp3) is 0.462. The number of hydrogen-bond acceptors (Lipinski definition) is 3. The standard InChI is InChI=1S/C13H15ClN2S/c1-2-12-9-16(5-6-17-12)13-7-11(14)4-3-10(13)8-15/h3-4,7,12H,2,5-6,9H2,1H3. The first-order valence-electron chi connectivity index (χ1n) is 5.80. The molecule has 1 saturated heterocycles. The predicted molar refractivity (Wildman–Crippen MR) is 74.9 cm³/mol. The van der Waals surface area contributed by atoms with E-state index in [9.17, 15) is 0 Å². The maximum atomic E-state index is 9.14. The van der Waals surface area contributed by atoms with Crippen molar-refractivity contribution in [1.82, 2.24) is 0 Å². The van der Waals surface area contributed by atoms with Gasteiger partial charge in [-0.15, -0.1) is 0 Å². The predicted octanol–water partition coefficient (Wildman–Crippen LogP) is 3.54. The number of anilines is 1. The van der Waals surface area contributed by atoms with Gasteiger partial charge in [-0.05, 0) is 24.6 Å². The van der Waals surface area contributed by atoms with E-state index in [1.807, 2.05) is 17.8 Å². The maximum Gasteiger partial charge on any atom is 0.101 e. The Bertz CT molecular complexity index is 442. The minimum atomic E-state index is 0.661. The Morgan fingerprint density at radius 3 is 3.12 bits per heavy atom. The first kappa shape index (κ1) is 12.6. The van der Waals surface area contributed by atoms with Crippen LogP contribution < -0.4 is 4.90 Å². The fourth-order valence-electron chi connectivity index (χ4n) is 2.05. The largest absolute Gasteiger partial charge is 0.368 e. The van der Waals surface area contributed by atoms with Crippen LogP contribution in [0.15, 0.2) is 18.2 Å². The van der Waals surface area contributed by atoms with Gasteiger partial charge in [-0.25, -0.2) is 0 Å². The summed E-state index contributed by atoms with van der Waals surface area (Å²) in [6, 6.07) is 7.73. The lowest BCUT2D eigenvalue weighted by molar-refractivity contribution is 0.727. The van der Waals surface area contributed by atoms with Crippen LogP contribution in [-0.2, 0) is 0 Å². The quantitative estimate of drug-likeness (QED) is 0.819. The zero-order valence-corrected chi connectivity index (χ0v) is 11.4. The minimum absolute atomic E-state index is 0.661. The van der Waals surface area contributed by atoms with Crippen LogP contribution in [0.3, 0.4) is 0 Å². The molecule has 0 radical (unpaired) electrons. The van der Waals surface area contributed by atoms with Crippen molar-refractivity contribution in [3.8, 4) is 6.07 Å². The molecule has 17 heavy (non-hydrogen) atoms. The molecule has 4 heteroatoms. The van der Waals surface area contributed by atoms with Crippen molar-refractivity contribution in [3.05, 3.63) is 28.8 Å². The van der Waals surface area contributed by atoms with E-state index in [4.69, 9.17) is 16.9 Å². The molecule has 1 aliphatic rings. The molecule has 1 fully saturated rings. The van der Waals surface area contributed by atoms with Crippen molar-refractivity contribution in [1.29, 1.82) is 5.26 Å². The molecule has 1 heterocycles. The van der Waals surface area contributed by atoms with E-state index in [1.54, 1.807) is 12.1 Å². The van der Waals surface area contributed by atoms with E-state index >= 15 is 0 Å². The van der Waals surface area contributed by atoms with Gasteiger partial charge >= 0.3 is 0 Å². The lowest BCUT2D eigenvalue weighted by Crippen LogP contribution is -2.38. The van der Waals surface area contributed by atoms with Crippen molar-refractivity contribution >= 4 is 29.1 Å². The molecule has 1 unspecified atom stereocenters. The molecule has 0 aromatic heterocycles. The van der Waals surface area contributed by atoms with Gasteiger partial charge in [-0.2, -0.15) is 17.0 Å². The molecule has 2 nitrogen and oxygen atoms in total. The van der Waals surface area contributed by atoms with Crippen LogP contribution in [0.5, 0.6) is 0 Å². The molecule has 1 aliphatic heterocycles. The SMILES string of the molecule is CCC1CN(c2cc(Cl)ccc2C#N)CCS1. The smallest absolute Gasteiger partial charge is 0.101 e. The van der Waals surface area contributed by atoms with Gasteiger partial charge in [0.2, 0.25) is 0 Å². The van der Waals surface area contributed by atoms with E-state index in [0.29, 0.717) is 10.3 Å². The van der Waals surface area contributed by atoms with Gasteiger partial charge in [0.25, 0.3) is 0 Å². The highest BCUT2D eigenvalue weighted by molar-refractivity contribution is 8.00. The Morgan fingerprint density at radius 1 is 1.59 bits per heavy atom. The Kier molecular flexibility index (Phi) is 4.20. The third-order valence-corrected chi connectivity index (χ3v) is 4.62. The number of halogens is 1. The fourth-order valence-corrected chi connectivity index (χ4v) is 3.39. The zero-order chi connectivity index (χ0) is 12.3. The Labute approximate surface area is 112 Å². The Morgan fingerprint density at radius 2 is 2.41 bits per heavy atom. The molecule has 0 aliphatic carbocycles. The summed E-state index contributed by atoms with van der Waals surface area (Å²) in [5, 5.41) is 10.5. The molecule has 1 aromatic carbocycles. The van der Waals surface area contributed by atoms with E-state index in [2.05, 4.69) is 17.9 Å². The van der Waals surface area contributed by atoms with Crippen LogP contribution in [0.2, 0.25) is 5.02 Å². The van der Waals surface area contributed by atoms with Gasteiger partial charge in [-0.1, -0.05) is 18.5 Å². The summed E-state index contributed by atoms with van der Waals surface area (Å²) >= 11 is 8.04. The van der Waals surface area contributed by atoms with E-state index in [1.165, 1.54) is 6.42 Å². The molecular formula is C13H15ClN2S. The van der Waals surface area contributed by atoms with Crippen molar-refractivity contribution in [2.24, 2.45) is 0 Å². The molecule has 1 aromatic rings. The van der Waals surface area contributed by atoms with Gasteiger partial charge in [-0.3, -0.25) is 0 Å². The zero-order valence-electron chi connectivity index (χ0n) is 9.82. The van der Waals surface area contributed by atoms with Crippen LogP contribution >= 0.6 is 23.4 Å². The molecule has 0 N–H and O–H groups in total. The summed E-state index contributed by atoms with van der Waals surface area (Å²) < 4.78 is 0. The van der Waals surface area contributed by atoms with Crippen molar-refractivity contribution in [2.75, 3.05) is 23.7 Å². The topological polar surface area (TPSA) is 27.0 Å². The first-order valence-corrected chi connectivity index (χ1v) is 7.23.